The normalized spacial score (nSPS) is 21.1. The number of hydrogen-bond acceptors (Lipinski definition) is 5. The second-order valence-electron chi connectivity index (χ2n) is 5.84. The van der Waals surface area contributed by atoms with Crippen molar-refractivity contribution in [1.29, 1.82) is 0 Å². The van der Waals surface area contributed by atoms with E-state index in [1.54, 1.807) is 6.08 Å². The van der Waals surface area contributed by atoms with Crippen molar-refractivity contribution in [2.24, 2.45) is 5.92 Å². The molecule has 1 unspecified atom stereocenters. The topological polar surface area (TPSA) is 82.1 Å². The molecule has 0 radical (unpaired) electrons. The van der Waals surface area contributed by atoms with Crippen LogP contribution in [0.5, 0.6) is 0 Å². The van der Waals surface area contributed by atoms with Crippen molar-refractivity contribution in [1.82, 2.24) is 0 Å². The SMILES string of the molecule is C=CC[C@H](OC1CCCCO1)C(=O)O[C@@H](CC(C)C)C(=O)O. The number of carboxylic acid groups (broad SMARTS) is 1. The molecule has 0 saturated carbocycles. The zero-order chi connectivity index (χ0) is 16.5. The minimum Gasteiger partial charge on any atom is -0.479 e. The molecule has 0 aromatic carbocycles. The first-order valence-electron chi connectivity index (χ1n) is 7.75. The zero-order valence-electron chi connectivity index (χ0n) is 13.3. The van der Waals surface area contributed by atoms with Gasteiger partial charge in [-0.25, -0.2) is 9.59 Å². The van der Waals surface area contributed by atoms with Gasteiger partial charge in [-0.2, -0.15) is 0 Å². The summed E-state index contributed by atoms with van der Waals surface area (Å²) in [4.78, 5) is 23.4. The lowest BCUT2D eigenvalue weighted by molar-refractivity contribution is -0.207. The van der Waals surface area contributed by atoms with Gasteiger partial charge in [-0.05, 0) is 31.6 Å². The van der Waals surface area contributed by atoms with Crippen molar-refractivity contribution in [2.75, 3.05) is 6.61 Å². The zero-order valence-corrected chi connectivity index (χ0v) is 13.3. The van der Waals surface area contributed by atoms with Crippen LogP contribution in [0.2, 0.25) is 0 Å². The van der Waals surface area contributed by atoms with Crippen LogP contribution >= 0.6 is 0 Å². The molecule has 1 aliphatic rings. The lowest BCUT2D eigenvalue weighted by Crippen LogP contribution is -2.38. The first kappa shape index (κ1) is 18.6. The Morgan fingerprint density at radius 3 is 2.59 bits per heavy atom. The van der Waals surface area contributed by atoms with Crippen LogP contribution in [0.3, 0.4) is 0 Å². The fraction of sp³-hybridized carbons (Fsp3) is 0.750. The molecular weight excluding hydrogens is 288 g/mol. The summed E-state index contributed by atoms with van der Waals surface area (Å²) < 4.78 is 16.2. The molecule has 0 aromatic heterocycles. The van der Waals surface area contributed by atoms with E-state index in [2.05, 4.69) is 6.58 Å². The third-order valence-corrected chi connectivity index (χ3v) is 3.32. The number of carboxylic acids is 1. The quantitative estimate of drug-likeness (QED) is 0.520. The van der Waals surface area contributed by atoms with E-state index < -0.39 is 30.4 Å². The van der Waals surface area contributed by atoms with Crippen LogP contribution in [0.15, 0.2) is 12.7 Å². The summed E-state index contributed by atoms with van der Waals surface area (Å²) in [5.74, 6) is -1.72. The Kier molecular flexibility index (Phi) is 8.12. The van der Waals surface area contributed by atoms with Gasteiger partial charge in [-0.3, -0.25) is 0 Å². The highest BCUT2D eigenvalue weighted by Gasteiger charge is 2.30. The van der Waals surface area contributed by atoms with Gasteiger partial charge in [0.1, 0.15) is 0 Å². The second kappa shape index (κ2) is 9.58. The Hall–Kier alpha value is -1.40. The molecule has 1 fully saturated rings. The van der Waals surface area contributed by atoms with Gasteiger partial charge in [0.15, 0.2) is 18.5 Å². The van der Waals surface area contributed by atoms with Crippen LogP contribution in [0.4, 0.5) is 0 Å². The van der Waals surface area contributed by atoms with Gasteiger partial charge in [0.25, 0.3) is 0 Å². The van der Waals surface area contributed by atoms with E-state index in [0.29, 0.717) is 6.61 Å². The summed E-state index contributed by atoms with van der Waals surface area (Å²) in [5.41, 5.74) is 0. The highest BCUT2D eigenvalue weighted by molar-refractivity contribution is 5.80. The molecule has 0 spiro atoms. The van der Waals surface area contributed by atoms with E-state index in [0.717, 1.165) is 19.3 Å². The number of aliphatic carboxylic acids is 1. The molecular formula is C16H26O6. The van der Waals surface area contributed by atoms with Gasteiger partial charge in [0.05, 0.1) is 0 Å². The Morgan fingerprint density at radius 2 is 2.09 bits per heavy atom. The predicted octanol–water partition coefficient (Wildman–Crippen LogP) is 2.52. The monoisotopic (exact) mass is 314 g/mol. The Labute approximate surface area is 131 Å². The molecule has 0 aliphatic carbocycles. The summed E-state index contributed by atoms with van der Waals surface area (Å²) in [6.45, 7) is 7.94. The van der Waals surface area contributed by atoms with E-state index in [-0.39, 0.29) is 18.8 Å². The Bertz CT molecular complexity index is 373. The molecule has 126 valence electrons. The van der Waals surface area contributed by atoms with Crippen LogP contribution in [0.25, 0.3) is 0 Å². The van der Waals surface area contributed by atoms with Crippen LogP contribution < -0.4 is 0 Å². The fourth-order valence-electron chi connectivity index (χ4n) is 2.20. The Balaban J connectivity index is 2.61. The van der Waals surface area contributed by atoms with Crippen LogP contribution in [0.1, 0.15) is 46.0 Å². The Morgan fingerprint density at radius 1 is 1.36 bits per heavy atom. The lowest BCUT2D eigenvalue weighted by Gasteiger charge is -2.27. The molecule has 0 bridgehead atoms. The molecule has 1 aliphatic heterocycles. The number of rotatable bonds is 9. The highest BCUT2D eigenvalue weighted by atomic mass is 16.7. The molecule has 22 heavy (non-hydrogen) atoms. The van der Waals surface area contributed by atoms with E-state index in [9.17, 15) is 9.59 Å². The fourth-order valence-corrected chi connectivity index (χ4v) is 2.20. The molecule has 0 amide bonds. The number of esters is 1. The third kappa shape index (κ3) is 6.58. The van der Waals surface area contributed by atoms with Crippen LogP contribution in [0, 0.1) is 5.92 Å². The van der Waals surface area contributed by atoms with Gasteiger partial charge in [-0.15, -0.1) is 6.58 Å². The molecule has 3 atom stereocenters. The summed E-state index contributed by atoms with van der Waals surface area (Å²) >= 11 is 0. The first-order valence-corrected chi connectivity index (χ1v) is 7.75. The largest absolute Gasteiger partial charge is 0.479 e. The van der Waals surface area contributed by atoms with Gasteiger partial charge < -0.3 is 19.3 Å². The minimum absolute atomic E-state index is 0.106. The standard InChI is InChI=1S/C16H26O6/c1-4-7-12(21-14-8-5-6-9-20-14)16(19)22-13(15(17)18)10-11(2)3/h4,11-14H,1,5-10H2,2-3H3,(H,17,18)/t12-,13-,14?/m0/s1. The molecule has 0 aromatic rings. The summed E-state index contributed by atoms with van der Waals surface area (Å²) in [5, 5.41) is 9.14. The van der Waals surface area contributed by atoms with Crippen molar-refractivity contribution < 1.29 is 28.9 Å². The maximum Gasteiger partial charge on any atom is 0.345 e. The van der Waals surface area contributed by atoms with Gasteiger partial charge in [-0.1, -0.05) is 19.9 Å². The second-order valence-corrected chi connectivity index (χ2v) is 5.84. The summed E-state index contributed by atoms with van der Waals surface area (Å²) in [7, 11) is 0. The maximum absolute atomic E-state index is 12.2. The minimum atomic E-state index is -1.16. The van der Waals surface area contributed by atoms with Crippen molar-refractivity contribution in [3.63, 3.8) is 0 Å². The molecule has 1 rings (SSSR count). The molecule has 1 N–H and O–H groups in total. The van der Waals surface area contributed by atoms with Gasteiger partial charge >= 0.3 is 11.9 Å². The first-order chi connectivity index (χ1) is 10.4. The number of ether oxygens (including phenoxy) is 3. The van der Waals surface area contributed by atoms with E-state index in [1.165, 1.54) is 0 Å². The van der Waals surface area contributed by atoms with Crippen molar-refractivity contribution >= 4 is 11.9 Å². The van der Waals surface area contributed by atoms with Crippen molar-refractivity contribution in [3.8, 4) is 0 Å². The van der Waals surface area contributed by atoms with E-state index in [4.69, 9.17) is 19.3 Å². The number of hydrogen-bond donors (Lipinski definition) is 1. The van der Waals surface area contributed by atoms with E-state index >= 15 is 0 Å². The maximum atomic E-state index is 12.2. The third-order valence-electron chi connectivity index (χ3n) is 3.32. The number of carbonyl (C=O) groups is 2. The lowest BCUT2D eigenvalue weighted by atomic mass is 10.1. The van der Waals surface area contributed by atoms with Gasteiger partial charge in [0, 0.05) is 13.0 Å². The summed E-state index contributed by atoms with van der Waals surface area (Å²) in [6, 6.07) is 0. The summed E-state index contributed by atoms with van der Waals surface area (Å²) in [6.07, 6.45) is 2.26. The number of carbonyl (C=O) groups excluding carboxylic acids is 1. The molecule has 6 nitrogen and oxygen atoms in total. The smallest absolute Gasteiger partial charge is 0.345 e. The van der Waals surface area contributed by atoms with Crippen molar-refractivity contribution in [2.45, 2.75) is 64.4 Å². The van der Waals surface area contributed by atoms with Crippen LogP contribution in [-0.4, -0.2) is 42.1 Å². The molecule has 6 heteroatoms. The molecule has 1 saturated heterocycles. The van der Waals surface area contributed by atoms with Gasteiger partial charge in [0.2, 0.25) is 0 Å². The average Bonchev–Trinajstić information content (AvgIpc) is 2.46. The highest BCUT2D eigenvalue weighted by Crippen LogP contribution is 2.18. The predicted molar refractivity (Wildman–Crippen MR) is 80.2 cm³/mol. The average molecular weight is 314 g/mol. The van der Waals surface area contributed by atoms with Crippen LogP contribution in [-0.2, 0) is 23.8 Å². The van der Waals surface area contributed by atoms with Crippen molar-refractivity contribution in [3.05, 3.63) is 12.7 Å². The van der Waals surface area contributed by atoms with E-state index in [1.807, 2.05) is 13.8 Å². The molecule has 1 heterocycles.